The number of thioether (sulfide) groups is 1. The van der Waals surface area contributed by atoms with E-state index in [9.17, 15) is 4.79 Å². The maximum atomic E-state index is 12.3. The lowest BCUT2D eigenvalue weighted by atomic mass is 9.95. The molecule has 0 aliphatic heterocycles. The van der Waals surface area contributed by atoms with Gasteiger partial charge in [0, 0.05) is 12.6 Å². The van der Waals surface area contributed by atoms with E-state index in [2.05, 4.69) is 61.4 Å². The van der Waals surface area contributed by atoms with Crippen LogP contribution in [0.2, 0.25) is 0 Å². The van der Waals surface area contributed by atoms with Crippen LogP contribution in [-0.2, 0) is 17.9 Å². The predicted molar refractivity (Wildman–Crippen MR) is 121 cm³/mol. The van der Waals surface area contributed by atoms with Crippen LogP contribution >= 0.6 is 11.8 Å². The summed E-state index contributed by atoms with van der Waals surface area (Å²) in [4.78, 5) is 12.3. The number of nitrogens with one attached hydrogen (secondary N) is 1. The maximum Gasteiger partial charge on any atom is 0.230 e. The van der Waals surface area contributed by atoms with Gasteiger partial charge in [-0.3, -0.25) is 4.79 Å². The fourth-order valence-corrected chi connectivity index (χ4v) is 4.71. The minimum atomic E-state index is 0.0803. The number of hydrogen-bond acceptors (Lipinski definition) is 5. The molecule has 6 nitrogen and oxygen atoms in total. The second kappa shape index (κ2) is 10.8. The average molecular weight is 431 g/mol. The van der Waals surface area contributed by atoms with Crippen LogP contribution < -0.4 is 10.1 Å². The summed E-state index contributed by atoms with van der Waals surface area (Å²) in [6, 6.07) is 6.66. The molecule has 1 N–H and O–H groups in total. The van der Waals surface area contributed by atoms with Crippen molar-refractivity contribution in [3.8, 4) is 5.75 Å². The summed E-state index contributed by atoms with van der Waals surface area (Å²) in [6.07, 6.45) is 5.91. The lowest BCUT2D eigenvalue weighted by molar-refractivity contribution is -0.119. The van der Waals surface area contributed by atoms with Crippen LogP contribution in [0.1, 0.15) is 75.7 Å². The molecule has 7 heteroatoms. The molecule has 164 valence electrons. The lowest BCUT2D eigenvalue weighted by Crippen LogP contribution is -2.37. The molecule has 1 aliphatic carbocycles. The monoisotopic (exact) mass is 430 g/mol. The quantitative estimate of drug-likeness (QED) is 0.576. The Labute approximate surface area is 184 Å². The molecule has 1 aromatic heterocycles. The number of ether oxygens (including phenoxy) is 1. The van der Waals surface area contributed by atoms with Gasteiger partial charge in [0.25, 0.3) is 0 Å². The molecule has 0 spiro atoms. The summed E-state index contributed by atoms with van der Waals surface area (Å²) in [7, 11) is 0. The summed E-state index contributed by atoms with van der Waals surface area (Å²) in [6.45, 7) is 9.56. The van der Waals surface area contributed by atoms with Crippen LogP contribution in [0.3, 0.4) is 0 Å². The van der Waals surface area contributed by atoms with Gasteiger partial charge in [-0.1, -0.05) is 57.0 Å². The predicted octanol–water partition coefficient (Wildman–Crippen LogP) is 4.85. The van der Waals surface area contributed by atoms with Crippen molar-refractivity contribution in [1.82, 2.24) is 20.1 Å². The van der Waals surface area contributed by atoms with Crippen LogP contribution in [0.25, 0.3) is 0 Å². The Bertz CT molecular complexity index is 844. The number of nitrogens with zero attached hydrogens (tertiary/aromatic N) is 3. The molecular formula is C23H34N4O2S. The number of carbonyl (C=O) groups excluding carboxylic acids is 1. The highest BCUT2D eigenvalue weighted by atomic mass is 32.2. The van der Waals surface area contributed by atoms with Crippen molar-refractivity contribution in [2.45, 2.75) is 90.1 Å². The van der Waals surface area contributed by atoms with Gasteiger partial charge in [0.1, 0.15) is 12.4 Å². The highest BCUT2D eigenvalue weighted by molar-refractivity contribution is 7.99. The van der Waals surface area contributed by atoms with Crippen molar-refractivity contribution in [2.24, 2.45) is 0 Å². The Kier molecular flexibility index (Phi) is 8.19. The van der Waals surface area contributed by atoms with E-state index in [1.807, 2.05) is 4.57 Å². The molecule has 2 aromatic rings. The number of carbonyl (C=O) groups is 1. The molecule has 0 radical (unpaired) electrons. The topological polar surface area (TPSA) is 69.0 Å². The molecule has 1 saturated carbocycles. The number of amides is 1. The van der Waals surface area contributed by atoms with E-state index in [4.69, 9.17) is 4.74 Å². The SMILES string of the molecule is CCn1c(COc2cc(C)ccc2C(C)C)nnc1SCC(=O)NC1CCCCC1. The Balaban J connectivity index is 1.59. The van der Waals surface area contributed by atoms with Gasteiger partial charge in [0.05, 0.1) is 5.75 Å². The van der Waals surface area contributed by atoms with Crippen molar-refractivity contribution in [2.75, 3.05) is 5.75 Å². The molecule has 0 unspecified atom stereocenters. The van der Waals surface area contributed by atoms with Gasteiger partial charge >= 0.3 is 0 Å². The summed E-state index contributed by atoms with van der Waals surface area (Å²) in [5.74, 6) is 2.51. The highest BCUT2D eigenvalue weighted by Gasteiger charge is 2.18. The number of rotatable bonds is 9. The van der Waals surface area contributed by atoms with Crippen molar-refractivity contribution >= 4 is 17.7 Å². The molecule has 1 aliphatic rings. The number of aryl methyl sites for hydroxylation is 1. The van der Waals surface area contributed by atoms with E-state index in [0.717, 1.165) is 36.1 Å². The van der Waals surface area contributed by atoms with Gasteiger partial charge in [0.15, 0.2) is 11.0 Å². The smallest absolute Gasteiger partial charge is 0.230 e. The van der Waals surface area contributed by atoms with Crippen LogP contribution in [0.4, 0.5) is 0 Å². The van der Waals surface area contributed by atoms with Gasteiger partial charge in [-0.15, -0.1) is 10.2 Å². The first-order valence-corrected chi connectivity index (χ1v) is 12.0. The van der Waals surface area contributed by atoms with Crippen LogP contribution in [0, 0.1) is 6.92 Å². The van der Waals surface area contributed by atoms with E-state index in [0.29, 0.717) is 24.3 Å². The van der Waals surface area contributed by atoms with E-state index in [-0.39, 0.29) is 5.91 Å². The third kappa shape index (κ3) is 6.00. The fraction of sp³-hybridized carbons (Fsp3) is 0.609. The van der Waals surface area contributed by atoms with E-state index in [1.54, 1.807) is 0 Å². The van der Waals surface area contributed by atoms with E-state index >= 15 is 0 Å². The first kappa shape index (κ1) is 22.7. The van der Waals surface area contributed by atoms with Crippen molar-refractivity contribution in [1.29, 1.82) is 0 Å². The van der Waals surface area contributed by atoms with Crippen LogP contribution in [0.15, 0.2) is 23.4 Å². The van der Waals surface area contributed by atoms with E-state index in [1.165, 1.54) is 42.2 Å². The van der Waals surface area contributed by atoms with Crippen molar-refractivity contribution < 1.29 is 9.53 Å². The molecule has 1 fully saturated rings. The maximum absolute atomic E-state index is 12.3. The molecule has 30 heavy (non-hydrogen) atoms. The van der Waals surface area contributed by atoms with Crippen LogP contribution in [0.5, 0.6) is 5.75 Å². The number of aromatic nitrogens is 3. The summed E-state index contributed by atoms with van der Waals surface area (Å²) in [5.41, 5.74) is 2.36. The Hall–Kier alpha value is -2.02. The summed E-state index contributed by atoms with van der Waals surface area (Å²) < 4.78 is 8.17. The normalized spacial score (nSPS) is 14.8. The van der Waals surface area contributed by atoms with E-state index < -0.39 is 0 Å². The summed E-state index contributed by atoms with van der Waals surface area (Å²) in [5, 5.41) is 12.6. The van der Waals surface area contributed by atoms with Crippen molar-refractivity contribution in [3.05, 3.63) is 35.2 Å². The van der Waals surface area contributed by atoms with Gasteiger partial charge in [0.2, 0.25) is 5.91 Å². The second-order valence-electron chi connectivity index (χ2n) is 8.32. The zero-order valence-corrected chi connectivity index (χ0v) is 19.4. The molecular weight excluding hydrogens is 396 g/mol. The zero-order chi connectivity index (χ0) is 21.5. The average Bonchev–Trinajstić information content (AvgIpc) is 3.13. The zero-order valence-electron chi connectivity index (χ0n) is 18.6. The number of hydrogen-bond donors (Lipinski definition) is 1. The minimum Gasteiger partial charge on any atom is -0.485 e. The molecule has 1 heterocycles. The minimum absolute atomic E-state index is 0.0803. The first-order chi connectivity index (χ1) is 14.5. The standard InChI is InChI=1S/C23H34N4O2S/c1-5-27-21(14-29-20-13-17(4)11-12-19(20)16(2)3)25-26-23(27)30-15-22(28)24-18-9-7-6-8-10-18/h11-13,16,18H,5-10,14-15H2,1-4H3,(H,24,28). The molecule has 1 amide bonds. The van der Waals surface area contributed by atoms with Crippen LogP contribution in [-0.4, -0.2) is 32.5 Å². The molecule has 0 saturated heterocycles. The third-order valence-corrected chi connectivity index (χ3v) is 6.53. The number of benzene rings is 1. The van der Waals surface area contributed by atoms with Gasteiger partial charge in [-0.25, -0.2) is 0 Å². The summed E-state index contributed by atoms with van der Waals surface area (Å²) >= 11 is 1.44. The van der Waals surface area contributed by atoms with Crippen molar-refractivity contribution in [3.63, 3.8) is 0 Å². The molecule has 0 bridgehead atoms. The molecule has 3 rings (SSSR count). The third-order valence-electron chi connectivity index (χ3n) is 5.56. The van der Waals surface area contributed by atoms with Gasteiger partial charge in [-0.2, -0.15) is 0 Å². The first-order valence-electron chi connectivity index (χ1n) is 11.1. The Morgan fingerprint density at radius 1 is 1.27 bits per heavy atom. The van der Waals surface area contributed by atoms with Gasteiger partial charge in [-0.05, 0) is 49.8 Å². The second-order valence-corrected chi connectivity index (χ2v) is 9.26. The lowest BCUT2D eigenvalue weighted by Gasteiger charge is -2.22. The fourth-order valence-electron chi connectivity index (χ4n) is 3.88. The molecule has 1 aromatic carbocycles. The Morgan fingerprint density at radius 2 is 2.03 bits per heavy atom. The Morgan fingerprint density at radius 3 is 2.73 bits per heavy atom. The van der Waals surface area contributed by atoms with Gasteiger partial charge < -0.3 is 14.6 Å². The molecule has 0 atom stereocenters. The highest BCUT2D eigenvalue weighted by Crippen LogP contribution is 2.28. The largest absolute Gasteiger partial charge is 0.485 e.